The van der Waals surface area contributed by atoms with Crippen LogP contribution in [0, 0.1) is 16.7 Å². The smallest absolute Gasteiger partial charge is 0.311 e. The van der Waals surface area contributed by atoms with Crippen molar-refractivity contribution in [1.29, 1.82) is 5.26 Å². The average molecular weight is 258 g/mol. The zero-order valence-corrected chi connectivity index (χ0v) is 11.1. The Kier molecular flexibility index (Phi) is 3.75. The predicted molar refractivity (Wildman–Crippen MR) is 73.0 cm³/mol. The van der Waals surface area contributed by atoms with Crippen LogP contribution in [0.1, 0.15) is 31.7 Å². The molecule has 1 saturated heterocycles. The summed E-state index contributed by atoms with van der Waals surface area (Å²) >= 11 is 0. The Labute approximate surface area is 113 Å². The van der Waals surface area contributed by atoms with Crippen LogP contribution >= 0.6 is 0 Å². The molecule has 4 nitrogen and oxygen atoms in total. The highest BCUT2D eigenvalue weighted by atomic mass is 16.4. The molecular formula is C15H18N2O2. The van der Waals surface area contributed by atoms with Crippen molar-refractivity contribution < 1.29 is 9.90 Å². The van der Waals surface area contributed by atoms with Crippen LogP contribution in [0.2, 0.25) is 0 Å². The first-order valence-corrected chi connectivity index (χ1v) is 6.60. The van der Waals surface area contributed by atoms with Gasteiger partial charge in [-0.3, -0.25) is 4.79 Å². The minimum absolute atomic E-state index is 0.484. The number of rotatable bonds is 3. The summed E-state index contributed by atoms with van der Waals surface area (Å²) in [5.41, 5.74) is 0.782. The van der Waals surface area contributed by atoms with Crippen LogP contribution in [0.5, 0.6) is 0 Å². The van der Waals surface area contributed by atoms with E-state index in [-0.39, 0.29) is 0 Å². The first-order valence-electron chi connectivity index (χ1n) is 6.60. The largest absolute Gasteiger partial charge is 0.481 e. The molecule has 1 heterocycles. The number of carboxylic acids is 1. The summed E-state index contributed by atoms with van der Waals surface area (Å²) in [6.07, 6.45) is 2.18. The summed E-state index contributed by atoms with van der Waals surface area (Å²) in [7, 11) is 0. The third kappa shape index (κ3) is 2.41. The molecule has 1 unspecified atom stereocenters. The summed E-state index contributed by atoms with van der Waals surface area (Å²) in [5.74, 6) is -0.728. The summed E-state index contributed by atoms with van der Waals surface area (Å²) in [4.78, 5) is 13.6. The van der Waals surface area contributed by atoms with Gasteiger partial charge in [-0.15, -0.1) is 0 Å². The lowest BCUT2D eigenvalue weighted by Gasteiger charge is -2.40. The maximum atomic E-state index is 11.5. The third-order valence-corrected chi connectivity index (χ3v) is 4.07. The van der Waals surface area contributed by atoms with Gasteiger partial charge < -0.3 is 10.0 Å². The summed E-state index contributed by atoms with van der Waals surface area (Å²) in [6.45, 7) is 3.22. The third-order valence-electron chi connectivity index (χ3n) is 4.07. The molecule has 0 aromatic heterocycles. The Hall–Kier alpha value is -2.02. The van der Waals surface area contributed by atoms with E-state index in [1.165, 1.54) is 0 Å². The zero-order chi connectivity index (χ0) is 13.9. The van der Waals surface area contributed by atoms with Gasteiger partial charge in [0, 0.05) is 13.1 Å². The first-order chi connectivity index (χ1) is 9.13. The van der Waals surface area contributed by atoms with Crippen LogP contribution in [0.15, 0.2) is 24.3 Å². The Morgan fingerprint density at radius 2 is 2.26 bits per heavy atom. The molecule has 0 saturated carbocycles. The van der Waals surface area contributed by atoms with Crippen LogP contribution in [0.25, 0.3) is 0 Å². The van der Waals surface area contributed by atoms with Gasteiger partial charge in [-0.1, -0.05) is 19.1 Å². The SMILES string of the molecule is CCC1(C(=O)O)CCCN(c2ccccc2C#N)C1. The number of carbonyl (C=O) groups is 1. The van der Waals surface area contributed by atoms with Crippen molar-refractivity contribution in [2.24, 2.45) is 5.41 Å². The molecule has 19 heavy (non-hydrogen) atoms. The van der Waals surface area contributed by atoms with Gasteiger partial charge in [0.15, 0.2) is 0 Å². The number of nitriles is 1. The van der Waals surface area contributed by atoms with E-state index < -0.39 is 11.4 Å². The number of nitrogens with zero attached hydrogens (tertiary/aromatic N) is 2. The number of aliphatic carboxylic acids is 1. The van der Waals surface area contributed by atoms with Crippen LogP contribution < -0.4 is 4.90 Å². The molecule has 2 rings (SSSR count). The fraction of sp³-hybridized carbons (Fsp3) is 0.467. The highest BCUT2D eigenvalue weighted by Crippen LogP contribution is 2.36. The summed E-state index contributed by atoms with van der Waals surface area (Å²) < 4.78 is 0. The summed E-state index contributed by atoms with van der Waals surface area (Å²) in [6, 6.07) is 9.57. The second-order valence-corrected chi connectivity index (χ2v) is 5.09. The lowest BCUT2D eigenvalue weighted by Crippen LogP contribution is -2.47. The second kappa shape index (κ2) is 5.31. The van der Waals surface area contributed by atoms with Crippen molar-refractivity contribution >= 4 is 11.7 Å². The molecule has 1 aromatic carbocycles. The maximum Gasteiger partial charge on any atom is 0.311 e. The molecular weight excluding hydrogens is 240 g/mol. The van der Waals surface area contributed by atoms with Crippen molar-refractivity contribution in [1.82, 2.24) is 0 Å². The van der Waals surface area contributed by atoms with E-state index in [1.54, 1.807) is 6.07 Å². The van der Waals surface area contributed by atoms with Crippen LogP contribution in [-0.2, 0) is 4.79 Å². The molecule has 1 N–H and O–H groups in total. The van der Waals surface area contributed by atoms with Gasteiger partial charge in [-0.2, -0.15) is 5.26 Å². The molecule has 1 fully saturated rings. The summed E-state index contributed by atoms with van der Waals surface area (Å²) in [5, 5.41) is 18.6. The van der Waals surface area contributed by atoms with Crippen molar-refractivity contribution in [3.05, 3.63) is 29.8 Å². The fourth-order valence-electron chi connectivity index (χ4n) is 2.80. The number of hydrogen-bond acceptors (Lipinski definition) is 3. The van der Waals surface area contributed by atoms with Gasteiger partial charge in [0.05, 0.1) is 16.7 Å². The maximum absolute atomic E-state index is 11.5. The number of carboxylic acid groups (broad SMARTS) is 1. The number of piperidine rings is 1. The molecule has 0 bridgehead atoms. The van der Waals surface area contributed by atoms with Crippen molar-refractivity contribution in [3.8, 4) is 6.07 Å². The quantitative estimate of drug-likeness (QED) is 0.905. The second-order valence-electron chi connectivity index (χ2n) is 5.09. The molecule has 1 aromatic rings. The molecule has 1 aliphatic heterocycles. The minimum atomic E-state index is -0.728. The van der Waals surface area contributed by atoms with Crippen molar-refractivity contribution in [3.63, 3.8) is 0 Å². The van der Waals surface area contributed by atoms with E-state index in [0.717, 1.165) is 18.7 Å². The van der Waals surface area contributed by atoms with Gasteiger partial charge in [0.2, 0.25) is 0 Å². The fourth-order valence-corrected chi connectivity index (χ4v) is 2.80. The molecule has 100 valence electrons. The van der Waals surface area contributed by atoms with Gasteiger partial charge in [-0.25, -0.2) is 0 Å². The Morgan fingerprint density at radius 1 is 1.53 bits per heavy atom. The Balaban J connectivity index is 2.32. The molecule has 4 heteroatoms. The Bertz CT molecular complexity index is 521. The lowest BCUT2D eigenvalue weighted by molar-refractivity contribution is -0.149. The molecule has 0 aliphatic carbocycles. The monoisotopic (exact) mass is 258 g/mol. The standard InChI is InChI=1S/C15H18N2O2/c1-2-15(14(18)19)8-5-9-17(11-15)13-7-4-3-6-12(13)10-16/h3-4,6-7H,2,5,8-9,11H2,1H3,(H,18,19). The van der Waals surface area contributed by atoms with Gasteiger partial charge >= 0.3 is 5.97 Å². The van der Waals surface area contributed by atoms with E-state index in [0.29, 0.717) is 24.9 Å². The highest BCUT2D eigenvalue weighted by molar-refractivity contribution is 5.76. The highest BCUT2D eigenvalue weighted by Gasteiger charge is 2.41. The van der Waals surface area contributed by atoms with Crippen LogP contribution in [-0.4, -0.2) is 24.2 Å². The van der Waals surface area contributed by atoms with Gasteiger partial charge in [0.25, 0.3) is 0 Å². The van der Waals surface area contributed by atoms with E-state index in [2.05, 4.69) is 6.07 Å². The molecule has 0 spiro atoms. The number of hydrogen-bond donors (Lipinski definition) is 1. The molecule has 1 atom stereocenters. The minimum Gasteiger partial charge on any atom is -0.481 e. The number of para-hydroxylation sites is 1. The van der Waals surface area contributed by atoms with E-state index in [1.807, 2.05) is 30.0 Å². The molecule has 0 radical (unpaired) electrons. The predicted octanol–water partition coefficient (Wildman–Crippen LogP) is 2.64. The number of benzene rings is 1. The Morgan fingerprint density at radius 3 is 2.89 bits per heavy atom. The van der Waals surface area contributed by atoms with Gasteiger partial charge in [0.1, 0.15) is 6.07 Å². The van der Waals surface area contributed by atoms with Gasteiger partial charge in [-0.05, 0) is 31.4 Å². The van der Waals surface area contributed by atoms with E-state index in [4.69, 9.17) is 5.26 Å². The zero-order valence-electron chi connectivity index (χ0n) is 11.1. The topological polar surface area (TPSA) is 64.3 Å². The first kappa shape index (κ1) is 13.4. The average Bonchev–Trinajstić information content (AvgIpc) is 2.47. The molecule has 0 amide bonds. The van der Waals surface area contributed by atoms with Crippen LogP contribution in [0.4, 0.5) is 5.69 Å². The van der Waals surface area contributed by atoms with E-state index in [9.17, 15) is 9.90 Å². The van der Waals surface area contributed by atoms with Crippen LogP contribution in [0.3, 0.4) is 0 Å². The normalized spacial score (nSPS) is 22.8. The lowest BCUT2D eigenvalue weighted by atomic mass is 9.77. The van der Waals surface area contributed by atoms with E-state index >= 15 is 0 Å². The van der Waals surface area contributed by atoms with Crippen molar-refractivity contribution in [2.75, 3.05) is 18.0 Å². The number of anilines is 1. The molecule has 1 aliphatic rings. The van der Waals surface area contributed by atoms with Crippen molar-refractivity contribution in [2.45, 2.75) is 26.2 Å².